The Labute approximate surface area is 89.5 Å². The highest BCUT2D eigenvalue weighted by Gasteiger charge is 2.25. The first-order chi connectivity index (χ1) is 7.22. The molecule has 1 fully saturated rings. The average molecular weight is 205 g/mol. The lowest BCUT2D eigenvalue weighted by Crippen LogP contribution is -2.05. The van der Waals surface area contributed by atoms with Crippen molar-refractivity contribution in [1.29, 1.82) is 0 Å². The van der Waals surface area contributed by atoms with Crippen LogP contribution in [0.3, 0.4) is 0 Å². The summed E-state index contributed by atoms with van der Waals surface area (Å²) in [5, 5.41) is 0. The molecule has 0 spiro atoms. The van der Waals surface area contributed by atoms with Gasteiger partial charge in [-0.05, 0) is 24.8 Å². The van der Waals surface area contributed by atoms with E-state index in [9.17, 15) is 4.79 Å². The Morgan fingerprint density at radius 1 is 1.53 bits per heavy atom. The van der Waals surface area contributed by atoms with Gasteiger partial charge in [0.05, 0.1) is 6.10 Å². The molecule has 0 amide bonds. The van der Waals surface area contributed by atoms with E-state index in [2.05, 4.69) is 4.98 Å². The van der Waals surface area contributed by atoms with Gasteiger partial charge in [-0.3, -0.25) is 9.78 Å². The lowest BCUT2D eigenvalue weighted by atomic mass is 10.0. The molecule has 0 bridgehead atoms. The van der Waals surface area contributed by atoms with Gasteiger partial charge in [-0.15, -0.1) is 0 Å². The molecule has 0 atom stereocenters. The summed E-state index contributed by atoms with van der Waals surface area (Å²) in [6.45, 7) is 4.09. The van der Waals surface area contributed by atoms with Gasteiger partial charge in [-0.1, -0.05) is 13.8 Å². The molecule has 2 rings (SSSR count). The van der Waals surface area contributed by atoms with Crippen molar-refractivity contribution in [3.63, 3.8) is 0 Å². The molecule has 15 heavy (non-hydrogen) atoms. The highest BCUT2D eigenvalue weighted by Crippen LogP contribution is 2.33. The second-order valence-corrected chi connectivity index (χ2v) is 4.20. The standard InChI is InChI=1S/C12H15NO2/c1-8(2)12-10(7-14)13-6-5-11(12)15-9-3-4-9/h5-9H,3-4H2,1-2H3. The van der Waals surface area contributed by atoms with E-state index in [1.807, 2.05) is 19.9 Å². The third-order valence-corrected chi connectivity index (χ3v) is 2.49. The number of hydrogen-bond donors (Lipinski definition) is 0. The van der Waals surface area contributed by atoms with Crippen LogP contribution in [0, 0.1) is 0 Å². The van der Waals surface area contributed by atoms with Gasteiger partial charge in [0, 0.05) is 11.8 Å². The number of nitrogens with zero attached hydrogens (tertiary/aromatic N) is 1. The van der Waals surface area contributed by atoms with E-state index < -0.39 is 0 Å². The normalized spacial score (nSPS) is 15.4. The van der Waals surface area contributed by atoms with Crippen LogP contribution < -0.4 is 4.74 Å². The second kappa shape index (κ2) is 4.01. The summed E-state index contributed by atoms with van der Waals surface area (Å²) in [4.78, 5) is 14.9. The van der Waals surface area contributed by atoms with E-state index in [-0.39, 0.29) is 5.92 Å². The molecule has 3 heteroatoms. The summed E-state index contributed by atoms with van der Waals surface area (Å²) in [5.41, 5.74) is 1.43. The summed E-state index contributed by atoms with van der Waals surface area (Å²) in [5.74, 6) is 1.08. The Balaban J connectivity index is 2.36. The molecular formula is C12H15NO2. The molecule has 0 aliphatic heterocycles. The Bertz CT molecular complexity index is 370. The number of pyridine rings is 1. The number of ether oxygens (including phenoxy) is 1. The van der Waals surface area contributed by atoms with Crippen LogP contribution in [0.2, 0.25) is 0 Å². The van der Waals surface area contributed by atoms with Crippen molar-refractivity contribution in [2.45, 2.75) is 38.7 Å². The van der Waals surface area contributed by atoms with Gasteiger partial charge in [-0.25, -0.2) is 0 Å². The SMILES string of the molecule is CC(C)c1c(OC2CC2)ccnc1C=O. The molecule has 1 aliphatic rings. The zero-order chi connectivity index (χ0) is 10.8. The van der Waals surface area contributed by atoms with E-state index in [0.29, 0.717) is 11.8 Å². The maximum atomic E-state index is 10.9. The molecule has 0 unspecified atom stereocenters. The van der Waals surface area contributed by atoms with E-state index >= 15 is 0 Å². The number of rotatable bonds is 4. The van der Waals surface area contributed by atoms with Gasteiger partial charge in [0.2, 0.25) is 0 Å². The summed E-state index contributed by atoms with van der Waals surface area (Å²) in [6, 6.07) is 1.85. The van der Waals surface area contributed by atoms with Crippen LogP contribution in [0.5, 0.6) is 5.75 Å². The van der Waals surface area contributed by atoms with Crippen molar-refractivity contribution in [3.05, 3.63) is 23.5 Å². The molecule has 1 aromatic rings. The zero-order valence-corrected chi connectivity index (χ0v) is 9.06. The number of aromatic nitrogens is 1. The van der Waals surface area contributed by atoms with Crippen LogP contribution in [-0.2, 0) is 0 Å². The number of carbonyl (C=O) groups is 1. The fourth-order valence-corrected chi connectivity index (χ4v) is 1.61. The fourth-order valence-electron chi connectivity index (χ4n) is 1.61. The maximum absolute atomic E-state index is 10.9. The lowest BCUT2D eigenvalue weighted by Gasteiger charge is -2.14. The predicted molar refractivity (Wildman–Crippen MR) is 57.4 cm³/mol. The summed E-state index contributed by atoms with van der Waals surface area (Å²) in [7, 11) is 0. The van der Waals surface area contributed by atoms with Gasteiger partial charge >= 0.3 is 0 Å². The predicted octanol–water partition coefficient (Wildman–Crippen LogP) is 2.56. The number of hydrogen-bond acceptors (Lipinski definition) is 3. The first-order valence-electron chi connectivity index (χ1n) is 5.33. The number of aldehydes is 1. The van der Waals surface area contributed by atoms with E-state index in [1.54, 1.807) is 6.20 Å². The van der Waals surface area contributed by atoms with Crippen molar-refractivity contribution in [2.75, 3.05) is 0 Å². The molecule has 0 aromatic carbocycles. The average Bonchev–Trinajstić information content (AvgIpc) is 3.01. The zero-order valence-electron chi connectivity index (χ0n) is 9.06. The molecule has 1 aliphatic carbocycles. The van der Waals surface area contributed by atoms with Gasteiger partial charge in [0.25, 0.3) is 0 Å². The topological polar surface area (TPSA) is 39.2 Å². The van der Waals surface area contributed by atoms with Crippen molar-refractivity contribution in [1.82, 2.24) is 4.98 Å². The first-order valence-corrected chi connectivity index (χ1v) is 5.33. The Hall–Kier alpha value is -1.38. The van der Waals surface area contributed by atoms with Gasteiger partial charge < -0.3 is 4.74 Å². The molecule has 1 heterocycles. The molecule has 0 saturated heterocycles. The quantitative estimate of drug-likeness (QED) is 0.709. The van der Waals surface area contributed by atoms with Crippen LogP contribution >= 0.6 is 0 Å². The molecule has 80 valence electrons. The smallest absolute Gasteiger partial charge is 0.168 e. The Morgan fingerprint density at radius 3 is 2.80 bits per heavy atom. The second-order valence-electron chi connectivity index (χ2n) is 4.20. The minimum Gasteiger partial charge on any atom is -0.490 e. The van der Waals surface area contributed by atoms with E-state index in [4.69, 9.17) is 4.74 Å². The van der Waals surface area contributed by atoms with E-state index in [0.717, 1.165) is 30.4 Å². The third-order valence-electron chi connectivity index (χ3n) is 2.49. The Morgan fingerprint density at radius 2 is 2.27 bits per heavy atom. The van der Waals surface area contributed by atoms with Crippen LogP contribution in [0.1, 0.15) is 48.7 Å². The molecule has 0 radical (unpaired) electrons. The van der Waals surface area contributed by atoms with Gasteiger partial charge in [0.1, 0.15) is 11.4 Å². The van der Waals surface area contributed by atoms with Gasteiger partial charge in [-0.2, -0.15) is 0 Å². The molecule has 3 nitrogen and oxygen atoms in total. The van der Waals surface area contributed by atoms with Crippen molar-refractivity contribution < 1.29 is 9.53 Å². The minimum atomic E-state index is 0.257. The summed E-state index contributed by atoms with van der Waals surface area (Å²) >= 11 is 0. The lowest BCUT2D eigenvalue weighted by molar-refractivity contribution is 0.111. The van der Waals surface area contributed by atoms with Crippen molar-refractivity contribution in [3.8, 4) is 5.75 Å². The van der Waals surface area contributed by atoms with Crippen LogP contribution in [0.25, 0.3) is 0 Å². The largest absolute Gasteiger partial charge is 0.490 e. The van der Waals surface area contributed by atoms with Crippen molar-refractivity contribution >= 4 is 6.29 Å². The van der Waals surface area contributed by atoms with E-state index in [1.165, 1.54) is 0 Å². The summed E-state index contributed by atoms with van der Waals surface area (Å²) in [6.07, 6.45) is 5.03. The van der Waals surface area contributed by atoms with Gasteiger partial charge in [0.15, 0.2) is 6.29 Å². The molecule has 1 aromatic heterocycles. The highest BCUT2D eigenvalue weighted by molar-refractivity contribution is 5.76. The van der Waals surface area contributed by atoms with Crippen molar-refractivity contribution in [2.24, 2.45) is 0 Å². The third kappa shape index (κ3) is 2.17. The number of carbonyl (C=O) groups excluding carboxylic acids is 1. The molecule has 0 N–H and O–H groups in total. The monoisotopic (exact) mass is 205 g/mol. The summed E-state index contributed by atoms with van der Waals surface area (Å²) < 4.78 is 5.76. The van der Waals surface area contributed by atoms with Crippen LogP contribution in [-0.4, -0.2) is 17.4 Å². The van der Waals surface area contributed by atoms with Crippen LogP contribution in [0.4, 0.5) is 0 Å². The van der Waals surface area contributed by atoms with Crippen LogP contribution in [0.15, 0.2) is 12.3 Å². The first kappa shape index (κ1) is 10.1. The molecular weight excluding hydrogens is 190 g/mol. The fraction of sp³-hybridized carbons (Fsp3) is 0.500. The molecule has 1 saturated carbocycles. The highest BCUT2D eigenvalue weighted by atomic mass is 16.5. The minimum absolute atomic E-state index is 0.257. The maximum Gasteiger partial charge on any atom is 0.168 e. The Kier molecular flexibility index (Phi) is 2.71.